The van der Waals surface area contributed by atoms with Gasteiger partial charge < -0.3 is 5.32 Å². The number of anilines is 1. The first-order chi connectivity index (χ1) is 12.6. The molecule has 1 aliphatic heterocycles. The molecule has 0 aliphatic carbocycles. The van der Waals surface area contributed by atoms with E-state index in [-0.39, 0.29) is 37.1 Å². The molecule has 6 heteroatoms. The van der Waals surface area contributed by atoms with E-state index in [1.54, 1.807) is 48.5 Å². The topological polar surface area (TPSA) is 90.3 Å². The maximum absolute atomic E-state index is 12.3. The Kier molecular flexibility index (Phi) is 5.09. The van der Waals surface area contributed by atoms with E-state index in [2.05, 4.69) is 11.4 Å². The normalized spacial score (nSPS) is 13.6. The molecule has 3 rings (SSSR count). The van der Waals surface area contributed by atoms with E-state index in [1.165, 1.54) is 4.90 Å². The van der Waals surface area contributed by atoms with Gasteiger partial charge in [0, 0.05) is 24.1 Å². The highest BCUT2D eigenvalue weighted by molar-refractivity contribution is 6.04. The lowest BCUT2D eigenvalue weighted by molar-refractivity contribution is -0.139. The molecule has 0 unspecified atom stereocenters. The number of nitrogens with one attached hydrogen (secondary N) is 1. The fourth-order valence-corrected chi connectivity index (χ4v) is 2.74. The largest absolute Gasteiger partial charge is 0.322 e. The SMILES string of the molecule is N#CCc1ccc(NC(=O)c2ccc(CN3C(=O)CCC3=O)cc2)cc1. The van der Waals surface area contributed by atoms with Crippen LogP contribution in [0.4, 0.5) is 5.69 Å². The summed E-state index contributed by atoms with van der Waals surface area (Å²) in [6.45, 7) is 0.236. The molecule has 0 spiro atoms. The molecule has 2 aromatic carbocycles. The molecule has 0 radical (unpaired) electrons. The maximum Gasteiger partial charge on any atom is 0.255 e. The molecule has 1 aliphatic rings. The van der Waals surface area contributed by atoms with Gasteiger partial charge >= 0.3 is 0 Å². The van der Waals surface area contributed by atoms with E-state index in [0.717, 1.165) is 11.1 Å². The fraction of sp³-hybridized carbons (Fsp3) is 0.200. The second-order valence-electron chi connectivity index (χ2n) is 6.06. The molecule has 0 atom stereocenters. The molecular weight excluding hydrogens is 330 g/mol. The van der Waals surface area contributed by atoms with Crippen molar-refractivity contribution in [2.75, 3.05) is 5.32 Å². The number of carbonyl (C=O) groups excluding carboxylic acids is 3. The zero-order valence-electron chi connectivity index (χ0n) is 14.1. The number of rotatable bonds is 5. The predicted molar refractivity (Wildman–Crippen MR) is 94.9 cm³/mol. The Morgan fingerprint density at radius 2 is 1.54 bits per heavy atom. The summed E-state index contributed by atoms with van der Waals surface area (Å²) >= 11 is 0. The lowest BCUT2D eigenvalue weighted by Gasteiger charge is -2.14. The maximum atomic E-state index is 12.3. The van der Waals surface area contributed by atoms with Crippen LogP contribution in [0.15, 0.2) is 48.5 Å². The molecular formula is C20H17N3O3. The third-order valence-corrected chi connectivity index (χ3v) is 4.21. The Hall–Kier alpha value is -3.46. The number of amides is 3. The lowest BCUT2D eigenvalue weighted by atomic mass is 10.1. The minimum absolute atomic E-state index is 0.156. The van der Waals surface area contributed by atoms with Crippen LogP contribution in [0.3, 0.4) is 0 Å². The van der Waals surface area contributed by atoms with E-state index >= 15 is 0 Å². The highest BCUT2D eigenvalue weighted by atomic mass is 16.2. The van der Waals surface area contributed by atoms with E-state index in [1.807, 2.05) is 0 Å². The third-order valence-electron chi connectivity index (χ3n) is 4.21. The number of hydrogen-bond acceptors (Lipinski definition) is 4. The molecule has 3 amide bonds. The van der Waals surface area contributed by atoms with Gasteiger partial charge in [-0.15, -0.1) is 0 Å². The molecule has 1 heterocycles. The highest BCUT2D eigenvalue weighted by Gasteiger charge is 2.28. The van der Waals surface area contributed by atoms with Crippen LogP contribution in [-0.4, -0.2) is 22.6 Å². The van der Waals surface area contributed by atoms with Crippen LogP contribution in [0.1, 0.15) is 34.3 Å². The van der Waals surface area contributed by atoms with Crippen molar-refractivity contribution in [3.8, 4) is 6.07 Å². The summed E-state index contributed by atoms with van der Waals surface area (Å²) in [5.74, 6) is -0.564. The Morgan fingerprint density at radius 1 is 0.962 bits per heavy atom. The average molecular weight is 347 g/mol. The Bertz CT molecular complexity index is 864. The van der Waals surface area contributed by atoms with Crippen molar-refractivity contribution in [3.05, 3.63) is 65.2 Å². The van der Waals surface area contributed by atoms with Crippen LogP contribution in [-0.2, 0) is 22.6 Å². The molecule has 1 N–H and O–H groups in total. The molecule has 1 fully saturated rings. The minimum Gasteiger partial charge on any atom is -0.322 e. The second-order valence-corrected chi connectivity index (χ2v) is 6.06. The summed E-state index contributed by atoms with van der Waals surface area (Å²) in [6.07, 6.45) is 0.872. The van der Waals surface area contributed by atoms with Crippen molar-refractivity contribution in [1.82, 2.24) is 4.90 Å². The smallest absolute Gasteiger partial charge is 0.255 e. The summed E-state index contributed by atoms with van der Waals surface area (Å²) in [5.41, 5.74) is 2.81. The number of hydrogen-bond donors (Lipinski definition) is 1. The Balaban J connectivity index is 1.62. The Labute approximate surface area is 151 Å². The van der Waals surface area contributed by atoms with E-state index in [0.29, 0.717) is 17.7 Å². The summed E-state index contributed by atoms with van der Waals surface area (Å²) in [5, 5.41) is 11.5. The minimum atomic E-state index is -0.252. The van der Waals surface area contributed by atoms with Crippen LogP contribution in [0.5, 0.6) is 0 Å². The van der Waals surface area contributed by atoms with Gasteiger partial charge in [0.25, 0.3) is 5.91 Å². The van der Waals surface area contributed by atoms with E-state index < -0.39 is 0 Å². The second kappa shape index (κ2) is 7.62. The van der Waals surface area contributed by atoms with Crippen LogP contribution in [0, 0.1) is 11.3 Å². The number of nitrogens with zero attached hydrogens (tertiary/aromatic N) is 2. The lowest BCUT2D eigenvalue weighted by Crippen LogP contribution is -2.28. The van der Waals surface area contributed by atoms with Gasteiger partial charge in [0.2, 0.25) is 11.8 Å². The highest BCUT2D eigenvalue weighted by Crippen LogP contribution is 2.17. The Morgan fingerprint density at radius 3 is 2.12 bits per heavy atom. The zero-order chi connectivity index (χ0) is 18.5. The third kappa shape index (κ3) is 3.95. The van der Waals surface area contributed by atoms with Crippen molar-refractivity contribution < 1.29 is 14.4 Å². The molecule has 1 saturated heterocycles. The van der Waals surface area contributed by atoms with Gasteiger partial charge in [0.15, 0.2) is 0 Å². The fourth-order valence-electron chi connectivity index (χ4n) is 2.74. The van der Waals surface area contributed by atoms with Crippen molar-refractivity contribution >= 4 is 23.4 Å². The van der Waals surface area contributed by atoms with Gasteiger partial charge in [-0.05, 0) is 35.4 Å². The number of likely N-dealkylation sites (tertiary alicyclic amines) is 1. The van der Waals surface area contributed by atoms with E-state index in [9.17, 15) is 14.4 Å². The molecule has 6 nitrogen and oxygen atoms in total. The van der Waals surface area contributed by atoms with Gasteiger partial charge in [0.1, 0.15) is 0 Å². The first-order valence-electron chi connectivity index (χ1n) is 8.26. The van der Waals surface area contributed by atoms with Gasteiger partial charge in [-0.2, -0.15) is 5.26 Å². The van der Waals surface area contributed by atoms with Crippen LogP contribution in [0.25, 0.3) is 0 Å². The zero-order valence-corrected chi connectivity index (χ0v) is 14.1. The molecule has 26 heavy (non-hydrogen) atoms. The van der Waals surface area contributed by atoms with Crippen molar-refractivity contribution in [2.24, 2.45) is 0 Å². The van der Waals surface area contributed by atoms with Gasteiger partial charge in [-0.3, -0.25) is 19.3 Å². The predicted octanol–water partition coefficient (Wildman–Crippen LogP) is 2.65. The van der Waals surface area contributed by atoms with Crippen LogP contribution < -0.4 is 5.32 Å². The number of imide groups is 1. The number of carbonyl (C=O) groups is 3. The van der Waals surface area contributed by atoms with Crippen LogP contribution >= 0.6 is 0 Å². The first-order valence-corrected chi connectivity index (χ1v) is 8.26. The van der Waals surface area contributed by atoms with Crippen LogP contribution in [0.2, 0.25) is 0 Å². The van der Waals surface area contributed by atoms with E-state index in [4.69, 9.17) is 5.26 Å². The molecule has 2 aromatic rings. The monoisotopic (exact) mass is 347 g/mol. The van der Waals surface area contributed by atoms with Gasteiger partial charge in [-0.25, -0.2) is 0 Å². The number of nitriles is 1. The summed E-state index contributed by atoms with van der Waals surface area (Å²) < 4.78 is 0. The number of benzene rings is 2. The molecule has 0 bridgehead atoms. The van der Waals surface area contributed by atoms with Crippen molar-refractivity contribution in [1.29, 1.82) is 5.26 Å². The summed E-state index contributed by atoms with van der Waals surface area (Å²) in [6, 6.07) is 16.0. The van der Waals surface area contributed by atoms with Gasteiger partial charge in [-0.1, -0.05) is 24.3 Å². The average Bonchev–Trinajstić information content (AvgIpc) is 2.96. The standard InChI is InChI=1S/C20H17N3O3/c21-12-11-14-3-7-17(8-4-14)22-20(26)16-5-1-15(2-6-16)13-23-18(24)9-10-19(23)25/h1-8H,9-11,13H2,(H,22,26). The van der Waals surface area contributed by atoms with Gasteiger partial charge in [0.05, 0.1) is 19.0 Å². The van der Waals surface area contributed by atoms with Crippen molar-refractivity contribution in [2.45, 2.75) is 25.8 Å². The first kappa shape index (κ1) is 17.4. The molecule has 130 valence electrons. The van der Waals surface area contributed by atoms with Crippen molar-refractivity contribution in [3.63, 3.8) is 0 Å². The molecule has 0 aromatic heterocycles. The molecule has 0 saturated carbocycles. The summed E-state index contributed by atoms with van der Waals surface area (Å²) in [7, 11) is 0. The quantitative estimate of drug-likeness (QED) is 0.842. The summed E-state index contributed by atoms with van der Waals surface area (Å²) in [4.78, 5) is 36.9.